The normalized spacial score (nSPS) is 19.4. The van der Waals surface area contributed by atoms with Crippen molar-refractivity contribution in [3.05, 3.63) is 63.6 Å². The summed E-state index contributed by atoms with van der Waals surface area (Å²) < 4.78 is 0. The second-order valence-corrected chi connectivity index (χ2v) is 7.83. The number of anilines is 1. The number of halogens is 2. The second kappa shape index (κ2) is 8.21. The van der Waals surface area contributed by atoms with E-state index in [1.54, 1.807) is 12.1 Å². The highest BCUT2D eigenvalue weighted by atomic mass is 35.5. The van der Waals surface area contributed by atoms with E-state index >= 15 is 0 Å². The molecular formula is C21H21Cl2N3O. The van der Waals surface area contributed by atoms with Gasteiger partial charge in [-0.2, -0.15) is 5.26 Å². The average Bonchev–Trinajstić information content (AvgIpc) is 2.92. The third kappa shape index (κ3) is 4.21. The summed E-state index contributed by atoms with van der Waals surface area (Å²) in [6.45, 7) is 4.05. The van der Waals surface area contributed by atoms with Gasteiger partial charge in [0.05, 0.1) is 22.7 Å². The minimum Gasteiger partial charge on any atom is -0.380 e. The van der Waals surface area contributed by atoms with E-state index in [2.05, 4.69) is 11.4 Å². The summed E-state index contributed by atoms with van der Waals surface area (Å²) >= 11 is 12.5. The van der Waals surface area contributed by atoms with Crippen LogP contribution in [0.15, 0.2) is 42.5 Å². The molecule has 0 aliphatic carbocycles. The number of amides is 1. The summed E-state index contributed by atoms with van der Waals surface area (Å²) in [5.74, 6) is 0.124. The number of benzene rings is 2. The van der Waals surface area contributed by atoms with Crippen LogP contribution < -0.4 is 5.32 Å². The number of carbonyl (C=O) groups excluding carboxylic acids is 1. The van der Waals surface area contributed by atoms with Crippen molar-refractivity contribution in [2.24, 2.45) is 0 Å². The SMILES string of the molecule is CC(C)N1C(=O)C[C@H](Nc2ccc(C#N)c(Cl)c2)C1Cc1ccccc1Cl. The van der Waals surface area contributed by atoms with Gasteiger partial charge in [0.15, 0.2) is 0 Å². The maximum Gasteiger partial charge on any atom is 0.225 e. The van der Waals surface area contributed by atoms with Gasteiger partial charge in [-0.1, -0.05) is 41.4 Å². The molecule has 4 nitrogen and oxygen atoms in total. The maximum atomic E-state index is 12.7. The quantitative estimate of drug-likeness (QED) is 0.774. The first kappa shape index (κ1) is 19.5. The molecule has 1 aliphatic rings. The van der Waals surface area contributed by atoms with E-state index in [4.69, 9.17) is 28.5 Å². The molecule has 1 N–H and O–H groups in total. The van der Waals surface area contributed by atoms with Crippen LogP contribution in [0.2, 0.25) is 10.0 Å². The third-order valence-electron chi connectivity index (χ3n) is 4.89. The predicted molar refractivity (Wildman–Crippen MR) is 109 cm³/mol. The summed E-state index contributed by atoms with van der Waals surface area (Å²) in [7, 11) is 0. The van der Waals surface area contributed by atoms with Gasteiger partial charge in [-0.25, -0.2) is 0 Å². The highest BCUT2D eigenvalue weighted by Gasteiger charge is 2.41. The zero-order valence-corrected chi connectivity index (χ0v) is 16.8. The monoisotopic (exact) mass is 401 g/mol. The molecule has 0 aromatic heterocycles. The van der Waals surface area contributed by atoms with Crippen molar-refractivity contribution in [2.75, 3.05) is 5.32 Å². The van der Waals surface area contributed by atoms with Crippen LogP contribution in [-0.4, -0.2) is 28.9 Å². The minimum absolute atomic E-state index is 0.0215. The lowest BCUT2D eigenvalue weighted by atomic mass is 9.99. The number of likely N-dealkylation sites (tertiary alicyclic amines) is 1. The lowest BCUT2D eigenvalue weighted by Crippen LogP contribution is -2.45. The van der Waals surface area contributed by atoms with Gasteiger partial charge >= 0.3 is 0 Å². The molecule has 0 bridgehead atoms. The molecule has 27 heavy (non-hydrogen) atoms. The van der Waals surface area contributed by atoms with E-state index in [0.717, 1.165) is 11.3 Å². The zero-order valence-electron chi connectivity index (χ0n) is 15.2. The molecular weight excluding hydrogens is 381 g/mol. The summed E-state index contributed by atoms with van der Waals surface area (Å²) in [6.07, 6.45) is 1.08. The van der Waals surface area contributed by atoms with Crippen molar-refractivity contribution >= 4 is 34.8 Å². The van der Waals surface area contributed by atoms with Gasteiger partial charge in [-0.3, -0.25) is 4.79 Å². The average molecular weight is 402 g/mol. The summed E-state index contributed by atoms with van der Waals surface area (Å²) in [5, 5.41) is 13.6. The minimum atomic E-state index is -0.0693. The number of hydrogen-bond acceptors (Lipinski definition) is 3. The molecule has 0 radical (unpaired) electrons. The lowest BCUT2D eigenvalue weighted by Gasteiger charge is -2.32. The van der Waals surface area contributed by atoms with Crippen LogP contribution in [0.25, 0.3) is 0 Å². The molecule has 1 unspecified atom stereocenters. The van der Waals surface area contributed by atoms with E-state index in [9.17, 15) is 4.79 Å². The summed E-state index contributed by atoms with van der Waals surface area (Å²) in [5.41, 5.74) is 2.25. The standard InChI is InChI=1S/C21H21Cl2N3O/c1-13(2)26-20(9-14-5-3-4-6-17(14)22)19(11-21(26)27)25-16-8-7-15(12-24)18(23)10-16/h3-8,10,13,19-20,25H,9,11H2,1-2H3/t19-,20?/m0/s1. The van der Waals surface area contributed by atoms with Crippen molar-refractivity contribution in [1.29, 1.82) is 5.26 Å². The molecule has 3 rings (SSSR count). The van der Waals surface area contributed by atoms with Crippen LogP contribution >= 0.6 is 23.2 Å². The van der Waals surface area contributed by atoms with Gasteiger partial charge in [0.25, 0.3) is 0 Å². The molecule has 1 aliphatic heterocycles. The van der Waals surface area contributed by atoms with Crippen LogP contribution in [0.4, 0.5) is 5.69 Å². The van der Waals surface area contributed by atoms with Gasteiger partial charge in [0.2, 0.25) is 5.91 Å². The molecule has 1 amide bonds. The first-order chi connectivity index (χ1) is 12.9. The Balaban J connectivity index is 1.88. The number of hydrogen-bond donors (Lipinski definition) is 1. The van der Waals surface area contributed by atoms with E-state index in [1.165, 1.54) is 0 Å². The van der Waals surface area contributed by atoms with Crippen LogP contribution in [-0.2, 0) is 11.2 Å². The first-order valence-electron chi connectivity index (χ1n) is 8.91. The van der Waals surface area contributed by atoms with Gasteiger partial charge in [-0.15, -0.1) is 0 Å². The van der Waals surface area contributed by atoms with Crippen LogP contribution in [0.5, 0.6) is 0 Å². The van der Waals surface area contributed by atoms with Gasteiger partial charge in [-0.05, 0) is 50.1 Å². The first-order valence-corrected chi connectivity index (χ1v) is 9.67. The lowest BCUT2D eigenvalue weighted by molar-refractivity contribution is -0.130. The molecule has 0 saturated carbocycles. The molecule has 2 aromatic rings. The Morgan fingerprint density at radius 2 is 1.96 bits per heavy atom. The zero-order chi connectivity index (χ0) is 19.6. The van der Waals surface area contributed by atoms with Gasteiger partial charge in [0, 0.05) is 23.2 Å². The van der Waals surface area contributed by atoms with E-state index < -0.39 is 0 Å². The van der Waals surface area contributed by atoms with Gasteiger partial charge in [0.1, 0.15) is 6.07 Å². The largest absolute Gasteiger partial charge is 0.380 e. The second-order valence-electron chi connectivity index (χ2n) is 7.02. The number of nitriles is 1. The number of rotatable bonds is 5. The smallest absolute Gasteiger partial charge is 0.225 e. The summed E-state index contributed by atoms with van der Waals surface area (Å²) in [6, 6.07) is 15.0. The third-order valence-corrected chi connectivity index (χ3v) is 5.57. The Morgan fingerprint density at radius 3 is 2.59 bits per heavy atom. The Bertz CT molecular complexity index is 891. The molecule has 2 aromatic carbocycles. The van der Waals surface area contributed by atoms with Crippen LogP contribution in [0.3, 0.4) is 0 Å². The number of carbonyl (C=O) groups is 1. The Morgan fingerprint density at radius 1 is 1.22 bits per heavy atom. The topological polar surface area (TPSA) is 56.1 Å². The van der Waals surface area contributed by atoms with E-state index in [-0.39, 0.29) is 24.0 Å². The van der Waals surface area contributed by atoms with E-state index in [0.29, 0.717) is 28.5 Å². The number of nitrogens with one attached hydrogen (secondary N) is 1. The highest BCUT2D eigenvalue weighted by Crippen LogP contribution is 2.30. The Kier molecular flexibility index (Phi) is 5.94. The van der Waals surface area contributed by atoms with E-state index in [1.807, 2.05) is 49.1 Å². The van der Waals surface area contributed by atoms with Crippen molar-refractivity contribution in [1.82, 2.24) is 4.90 Å². The Labute approximate surface area is 169 Å². The molecule has 2 atom stereocenters. The van der Waals surface area contributed by atoms with Crippen molar-refractivity contribution in [3.63, 3.8) is 0 Å². The van der Waals surface area contributed by atoms with Crippen LogP contribution in [0, 0.1) is 11.3 Å². The summed E-state index contributed by atoms with van der Waals surface area (Å²) in [4.78, 5) is 14.6. The van der Waals surface area contributed by atoms with Crippen molar-refractivity contribution in [2.45, 2.75) is 44.8 Å². The fourth-order valence-corrected chi connectivity index (χ4v) is 4.10. The molecule has 140 valence electrons. The molecule has 1 heterocycles. The highest BCUT2D eigenvalue weighted by molar-refractivity contribution is 6.32. The predicted octanol–water partition coefficient (Wildman–Crippen LogP) is 4.90. The maximum absolute atomic E-state index is 12.7. The fourth-order valence-electron chi connectivity index (χ4n) is 3.67. The number of nitrogens with zero attached hydrogens (tertiary/aromatic N) is 2. The Hall–Kier alpha value is -2.22. The van der Waals surface area contributed by atoms with Crippen molar-refractivity contribution in [3.8, 4) is 6.07 Å². The molecule has 1 fully saturated rings. The fraction of sp³-hybridized carbons (Fsp3) is 0.333. The molecule has 1 saturated heterocycles. The van der Waals surface area contributed by atoms with Crippen LogP contribution in [0.1, 0.15) is 31.4 Å². The van der Waals surface area contributed by atoms with Crippen molar-refractivity contribution < 1.29 is 4.79 Å². The molecule has 0 spiro atoms. The van der Waals surface area contributed by atoms with Gasteiger partial charge < -0.3 is 10.2 Å². The molecule has 6 heteroatoms.